The van der Waals surface area contributed by atoms with Crippen LogP contribution >= 0.6 is 0 Å². The summed E-state index contributed by atoms with van der Waals surface area (Å²) in [6.45, 7) is 2.50. The lowest BCUT2D eigenvalue weighted by atomic mass is 10.0. The van der Waals surface area contributed by atoms with Gasteiger partial charge in [0.05, 0.1) is 29.7 Å². The highest BCUT2D eigenvalue weighted by Crippen LogP contribution is 2.40. The Bertz CT molecular complexity index is 1080. The van der Waals surface area contributed by atoms with Gasteiger partial charge >= 0.3 is 0 Å². The number of amides is 1. The van der Waals surface area contributed by atoms with Crippen molar-refractivity contribution in [2.45, 2.75) is 31.9 Å². The average Bonchev–Trinajstić information content (AvgIpc) is 3.36. The van der Waals surface area contributed by atoms with E-state index in [1.807, 2.05) is 6.92 Å². The number of fused-ring (bicyclic) bond motifs is 2. The van der Waals surface area contributed by atoms with Crippen LogP contribution in [0.15, 0.2) is 49.1 Å². The van der Waals surface area contributed by atoms with Crippen LogP contribution in [0.2, 0.25) is 0 Å². The highest BCUT2D eigenvalue weighted by molar-refractivity contribution is 6.00. The maximum absolute atomic E-state index is 14.0. The number of nitrogens with zero attached hydrogens (tertiary/aromatic N) is 5. The molecule has 7 nitrogen and oxygen atoms in total. The monoisotopic (exact) mass is 405 g/mol. The first-order valence-electron chi connectivity index (χ1n) is 9.91. The molecule has 0 radical (unpaired) electrons. The van der Waals surface area contributed by atoms with Crippen LogP contribution in [0.5, 0.6) is 5.88 Å². The normalized spacial score (nSPS) is 22.3. The number of likely N-dealkylation sites (tertiary alicyclic amines) is 1. The second-order valence-corrected chi connectivity index (χ2v) is 7.78. The fraction of sp³-hybridized carbons (Fsp3) is 0.318. The van der Waals surface area contributed by atoms with Crippen molar-refractivity contribution in [1.82, 2.24) is 24.8 Å². The van der Waals surface area contributed by atoms with Gasteiger partial charge in [0.1, 0.15) is 11.9 Å². The first kappa shape index (κ1) is 18.6. The summed E-state index contributed by atoms with van der Waals surface area (Å²) >= 11 is 0. The molecule has 3 atom stereocenters. The molecule has 2 fully saturated rings. The van der Waals surface area contributed by atoms with Gasteiger partial charge in [-0.05, 0) is 49.9 Å². The number of piperidine rings is 1. The van der Waals surface area contributed by atoms with Crippen molar-refractivity contribution in [3.63, 3.8) is 0 Å². The zero-order valence-electron chi connectivity index (χ0n) is 16.4. The van der Waals surface area contributed by atoms with Gasteiger partial charge in [0.25, 0.3) is 5.91 Å². The minimum atomic E-state index is -0.467. The molecule has 3 aromatic rings. The maximum Gasteiger partial charge on any atom is 0.255 e. The molecule has 8 heteroatoms. The number of ether oxygens (including phenoxy) is 1. The average molecular weight is 405 g/mol. The molecular weight excluding hydrogens is 385 g/mol. The van der Waals surface area contributed by atoms with Crippen LogP contribution in [0.3, 0.4) is 0 Å². The van der Waals surface area contributed by atoms with Gasteiger partial charge in [0, 0.05) is 24.5 Å². The largest absolute Gasteiger partial charge is 0.471 e. The molecule has 3 heterocycles. The molecule has 1 saturated heterocycles. The summed E-state index contributed by atoms with van der Waals surface area (Å²) in [5.41, 5.74) is 1.60. The van der Waals surface area contributed by atoms with Crippen LogP contribution < -0.4 is 4.74 Å². The van der Waals surface area contributed by atoms with E-state index in [1.54, 1.807) is 41.8 Å². The van der Waals surface area contributed by atoms with E-state index >= 15 is 0 Å². The van der Waals surface area contributed by atoms with Gasteiger partial charge < -0.3 is 9.64 Å². The Balaban J connectivity index is 1.42. The Morgan fingerprint density at radius 3 is 2.70 bits per heavy atom. The summed E-state index contributed by atoms with van der Waals surface area (Å²) in [4.78, 5) is 32.2. The van der Waals surface area contributed by atoms with E-state index in [2.05, 4.69) is 19.9 Å². The van der Waals surface area contributed by atoms with Crippen molar-refractivity contribution in [2.24, 2.45) is 5.92 Å². The number of carbonyl (C=O) groups excluding carboxylic acids is 1. The number of halogens is 1. The van der Waals surface area contributed by atoms with E-state index in [9.17, 15) is 9.18 Å². The Morgan fingerprint density at radius 2 is 1.97 bits per heavy atom. The molecule has 2 aliphatic rings. The third kappa shape index (κ3) is 3.38. The number of carbonyl (C=O) groups is 1. The van der Waals surface area contributed by atoms with E-state index in [4.69, 9.17) is 4.74 Å². The van der Waals surface area contributed by atoms with Gasteiger partial charge in [-0.2, -0.15) is 0 Å². The first-order chi connectivity index (χ1) is 14.6. The van der Waals surface area contributed by atoms with E-state index in [0.717, 1.165) is 18.5 Å². The first-order valence-corrected chi connectivity index (χ1v) is 9.91. The molecule has 0 N–H and O–H groups in total. The second-order valence-electron chi connectivity index (χ2n) is 7.78. The van der Waals surface area contributed by atoms with Crippen molar-refractivity contribution in [1.29, 1.82) is 0 Å². The molecule has 1 aromatic carbocycles. The van der Waals surface area contributed by atoms with Crippen molar-refractivity contribution < 1.29 is 13.9 Å². The van der Waals surface area contributed by atoms with E-state index < -0.39 is 5.82 Å². The Morgan fingerprint density at radius 1 is 1.13 bits per heavy atom. The van der Waals surface area contributed by atoms with Crippen LogP contribution in [0.4, 0.5) is 4.39 Å². The SMILES string of the molecule is Cc1cnc(OC2CC3CC2N(C(=O)c2cc(F)ccc2-c2ncccn2)C3)cn1. The van der Waals surface area contributed by atoms with E-state index in [-0.39, 0.29) is 23.6 Å². The quantitative estimate of drug-likeness (QED) is 0.664. The molecule has 1 saturated carbocycles. The third-order valence-electron chi connectivity index (χ3n) is 5.73. The predicted octanol–water partition coefficient (Wildman–Crippen LogP) is 3.06. The third-order valence-corrected chi connectivity index (χ3v) is 5.73. The molecule has 5 rings (SSSR count). The fourth-order valence-electron chi connectivity index (χ4n) is 4.40. The van der Waals surface area contributed by atoms with E-state index in [0.29, 0.717) is 29.7 Å². The van der Waals surface area contributed by atoms with Crippen molar-refractivity contribution in [3.8, 4) is 17.3 Å². The molecule has 30 heavy (non-hydrogen) atoms. The van der Waals surface area contributed by atoms with Gasteiger partial charge in [-0.25, -0.2) is 19.3 Å². The minimum Gasteiger partial charge on any atom is -0.471 e. The Hall–Kier alpha value is -3.42. The summed E-state index contributed by atoms with van der Waals surface area (Å²) in [6, 6.07) is 5.76. The second kappa shape index (κ2) is 7.44. The zero-order chi connectivity index (χ0) is 20.7. The summed E-state index contributed by atoms with van der Waals surface area (Å²) in [6.07, 6.45) is 8.03. The number of aryl methyl sites for hydroxylation is 1. The summed E-state index contributed by atoms with van der Waals surface area (Å²) in [5.74, 6) is 0.507. The lowest BCUT2D eigenvalue weighted by Gasteiger charge is -2.33. The summed E-state index contributed by atoms with van der Waals surface area (Å²) in [7, 11) is 0. The number of benzene rings is 1. The minimum absolute atomic E-state index is 0.0848. The fourth-order valence-corrected chi connectivity index (χ4v) is 4.40. The van der Waals surface area contributed by atoms with Crippen molar-refractivity contribution in [3.05, 3.63) is 66.1 Å². The van der Waals surface area contributed by atoms with Gasteiger partial charge in [0.15, 0.2) is 5.82 Å². The molecule has 0 spiro atoms. The lowest BCUT2D eigenvalue weighted by molar-refractivity contribution is 0.0465. The molecule has 2 bridgehead atoms. The van der Waals surface area contributed by atoms with Gasteiger partial charge in [-0.3, -0.25) is 9.78 Å². The van der Waals surface area contributed by atoms with Crippen LogP contribution in [-0.4, -0.2) is 49.4 Å². The number of hydrogen-bond donors (Lipinski definition) is 0. The molecule has 1 aliphatic heterocycles. The lowest BCUT2D eigenvalue weighted by Crippen LogP contribution is -2.47. The van der Waals surface area contributed by atoms with Crippen molar-refractivity contribution in [2.75, 3.05) is 6.54 Å². The molecule has 1 aliphatic carbocycles. The molecule has 152 valence electrons. The highest BCUT2D eigenvalue weighted by atomic mass is 19.1. The number of rotatable bonds is 4. The summed E-state index contributed by atoms with van der Waals surface area (Å²) < 4.78 is 20.1. The molecular formula is C22H20FN5O2. The number of aromatic nitrogens is 4. The number of hydrogen-bond acceptors (Lipinski definition) is 6. The Labute approximate surface area is 173 Å². The predicted molar refractivity (Wildman–Crippen MR) is 106 cm³/mol. The zero-order valence-corrected chi connectivity index (χ0v) is 16.4. The molecule has 3 unspecified atom stereocenters. The summed E-state index contributed by atoms with van der Waals surface area (Å²) in [5, 5.41) is 0. The highest BCUT2D eigenvalue weighted by Gasteiger charge is 2.48. The van der Waals surface area contributed by atoms with E-state index in [1.165, 1.54) is 12.1 Å². The van der Waals surface area contributed by atoms with Crippen LogP contribution in [-0.2, 0) is 0 Å². The van der Waals surface area contributed by atoms with Crippen LogP contribution in [0, 0.1) is 18.7 Å². The standard InChI is InChI=1S/C22H20FN5O2/c1-13-10-27-20(11-26-13)30-19-8-14-7-18(19)28(12-14)22(29)17-9-15(23)3-4-16(17)21-24-5-2-6-25-21/h2-6,9-11,14,18-19H,7-8,12H2,1H3. The molecule has 1 amide bonds. The van der Waals surface area contributed by atoms with Crippen LogP contribution in [0.25, 0.3) is 11.4 Å². The van der Waals surface area contributed by atoms with Gasteiger partial charge in [0.2, 0.25) is 5.88 Å². The maximum atomic E-state index is 14.0. The Kier molecular flexibility index (Phi) is 4.61. The van der Waals surface area contributed by atoms with Gasteiger partial charge in [-0.15, -0.1) is 0 Å². The van der Waals surface area contributed by atoms with Crippen LogP contribution in [0.1, 0.15) is 28.9 Å². The van der Waals surface area contributed by atoms with Gasteiger partial charge in [-0.1, -0.05) is 0 Å². The van der Waals surface area contributed by atoms with Crippen molar-refractivity contribution >= 4 is 5.91 Å². The molecule has 2 aromatic heterocycles. The smallest absolute Gasteiger partial charge is 0.255 e. The topological polar surface area (TPSA) is 81.1 Å².